The van der Waals surface area contributed by atoms with Gasteiger partial charge in [0.1, 0.15) is 5.69 Å². The summed E-state index contributed by atoms with van der Waals surface area (Å²) in [7, 11) is 0. The smallest absolute Gasteiger partial charge is 0.270 e. The van der Waals surface area contributed by atoms with E-state index in [0.29, 0.717) is 56.6 Å². The highest BCUT2D eigenvalue weighted by Gasteiger charge is 2.32. The van der Waals surface area contributed by atoms with Crippen molar-refractivity contribution in [2.75, 3.05) is 26.3 Å². The highest BCUT2D eigenvalue weighted by molar-refractivity contribution is 6.01. The molecule has 1 saturated heterocycles. The van der Waals surface area contributed by atoms with Crippen LogP contribution in [0.15, 0.2) is 36.4 Å². The fourth-order valence-electron chi connectivity index (χ4n) is 4.58. The molecular weight excluding hydrogens is 418 g/mol. The minimum Gasteiger partial charge on any atom is -0.376 e. The third-order valence-electron chi connectivity index (χ3n) is 6.38. The Morgan fingerprint density at radius 1 is 1.21 bits per heavy atom. The van der Waals surface area contributed by atoms with Gasteiger partial charge in [0.15, 0.2) is 0 Å². The van der Waals surface area contributed by atoms with Gasteiger partial charge in [0.05, 0.1) is 36.6 Å². The summed E-state index contributed by atoms with van der Waals surface area (Å²) in [4.78, 5) is 28.6. The molecule has 2 amide bonds. The molecule has 0 spiro atoms. The van der Waals surface area contributed by atoms with E-state index in [1.807, 2.05) is 39.8 Å². The third-order valence-corrected chi connectivity index (χ3v) is 6.38. The Morgan fingerprint density at radius 2 is 2.00 bits per heavy atom. The van der Waals surface area contributed by atoms with Crippen LogP contribution in [0.2, 0.25) is 0 Å². The molecule has 1 N–H and O–H groups in total. The van der Waals surface area contributed by atoms with Gasteiger partial charge in [-0.05, 0) is 30.4 Å². The fourth-order valence-corrected chi connectivity index (χ4v) is 4.58. The largest absolute Gasteiger partial charge is 0.376 e. The van der Waals surface area contributed by atoms with Crippen LogP contribution in [0.25, 0.3) is 0 Å². The van der Waals surface area contributed by atoms with E-state index in [1.54, 1.807) is 6.07 Å². The first-order valence-electron chi connectivity index (χ1n) is 12.0. The molecule has 3 heterocycles. The number of rotatable bonds is 8. The van der Waals surface area contributed by atoms with Crippen LogP contribution in [-0.2, 0) is 22.6 Å². The van der Waals surface area contributed by atoms with Crippen LogP contribution >= 0.6 is 0 Å². The second-order valence-electron chi connectivity index (χ2n) is 9.33. The van der Waals surface area contributed by atoms with Crippen LogP contribution in [0.4, 0.5) is 0 Å². The predicted molar refractivity (Wildman–Crippen MR) is 126 cm³/mol. The van der Waals surface area contributed by atoms with Crippen molar-refractivity contribution < 1.29 is 19.1 Å². The van der Waals surface area contributed by atoms with Crippen molar-refractivity contribution >= 4 is 11.8 Å². The van der Waals surface area contributed by atoms with E-state index in [0.717, 1.165) is 24.1 Å². The number of hydrogen-bond acceptors (Lipinski definition) is 4. The number of likely N-dealkylation sites (tertiary alicyclic amines) is 1. The predicted octanol–water partition coefficient (Wildman–Crippen LogP) is 3.79. The Hall–Kier alpha value is -2.64. The number of hydrogen-bond donors (Lipinski definition) is 1. The maximum atomic E-state index is 13.4. The number of benzene rings is 1. The Kier molecular flexibility index (Phi) is 7.50. The molecule has 1 fully saturated rings. The van der Waals surface area contributed by atoms with Crippen LogP contribution in [0.5, 0.6) is 0 Å². The summed E-state index contributed by atoms with van der Waals surface area (Å²) in [5, 5.41) is 3.15. The van der Waals surface area contributed by atoms with Crippen LogP contribution in [0.1, 0.15) is 71.8 Å². The molecule has 0 bridgehead atoms. The summed E-state index contributed by atoms with van der Waals surface area (Å²) in [5.41, 5.74) is 2.94. The van der Waals surface area contributed by atoms with Gasteiger partial charge in [0, 0.05) is 26.2 Å². The van der Waals surface area contributed by atoms with E-state index in [2.05, 4.69) is 26.1 Å². The first-order chi connectivity index (χ1) is 16.0. The minimum absolute atomic E-state index is 0.0389. The molecule has 1 aromatic carbocycles. The zero-order valence-electron chi connectivity index (χ0n) is 19.9. The van der Waals surface area contributed by atoms with Crippen molar-refractivity contribution in [1.82, 2.24) is 14.8 Å². The fraction of sp³-hybridized carbons (Fsp3) is 0.538. The van der Waals surface area contributed by atoms with Crippen LogP contribution in [-0.4, -0.2) is 53.7 Å². The highest BCUT2D eigenvalue weighted by Crippen LogP contribution is 2.25. The van der Waals surface area contributed by atoms with Crippen molar-refractivity contribution in [3.8, 4) is 0 Å². The Labute approximate surface area is 196 Å². The number of nitrogens with one attached hydrogen (secondary N) is 1. The van der Waals surface area contributed by atoms with Gasteiger partial charge in [-0.1, -0.05) is 51.1 Å². The number of fused-ring (bicyclic) bond motifs is 1. The molecule has 0 aliphatic carbocycles. The summed E-state index contributed by atoms with van der Waals surface area (Å²) in [6.07, 6.45) is 1.70. The molecular formula is C26H35N3O4. The van der Waals surface area contributed by atoms with Gasteiger partial charge in [-0.15, -0.1) is 0 Å². The van der Waals surface area contributed by atoms with Crippen LogP contribution in [0.3, 0.4) is 0 Å². The van der Waals surface area contributed by atoms with E-state index in [-0.39, 0.29) is 24.0 Å². The molecule has 2 aliphatic rings. The van der Waals surface area contributed by atoms with E-state index >= 15 is 0 Å². The second-order valence-corrected chi connectivity index (χ2v) is 9.33. The lowest BCUT2D eigenvalue weighted by molar-refractivity contribution is 0.0391. The summed E-state index contributed by atoms with van der Waals surface area (Å²) in [6.45, 7) is 9.71. The minimum atomic E-state index is -0.168. The standard InChI is InChI=1S/C26H35N3O4/c1-4-22(19-8-6-5-7-9-19)27-25(30)21-14-23(29-12-13-32-17-24(21)29)26(31)28-11-10-20(15-28)33-16-18(2)3/h5-9,14,18,20,22H,4,10-13,15-17H2,1-3H3,(H,27,30)/t20-,22+/m0/s1. The average molecular weight is 454 g/mol. The van der Waals surface area contributed by atoms with Gasteiger partial charge in [-0.25, -0.2) is 0 Å². The number of carbonyl (C=O) groups is 2. The van der Waals surface area contributed by atoms with Crippen LogP contribution in [0, 0.1) is 5.92 Å². The number of ether oxygens (including phenoxy) is 2. The third kappa shape index (κ3) is 5.31. The molecule has 2 aromatic rings. The highest BCUT2D eigenvalue weighted by atomic mass is 16.5. The lowest BCUT2D eigenvalue weighted by Gasteiger charge is -2.22. The molecule has 178 valence electrons. The zero-order chi connectivity index (χ0) is 23.4. The van der Waals surface area contributed by atoms with Crippen molar-refractivity contribution in [3.63, 3.8) is 0 Å². The van der Waals surface area contributed by atoms with Gasteiger partial charge in [0.25, 0.3) is 11.8 Å². The number of nitrogens with zero attached hydrogens (tertiary/aromatic N) is 2. The molecule has 0 unspecified atom stereocenters. The molecule has 1 aromatic heterocycles. The summed E-state index contributed by atoms with van der Waals surface area (Å²) < 4.78 is 13.6. The van der Waals surface area contributed by atoms with Gasteiger partial charge in [-0.2, -0.15) is 0 Å². The Bertz CT molecular complexity index is 969. The number of amides is 2. The quantitative estimate of drug-likeness (QED) is 0.660. The van der Waals surface area contributed by atoms with Gasteiger partial charge in [-0.3, -0.25) is 9.59 Å². The normalized spacial score (nSPS) is 18.9. The van der Waals surface area contributed by atoms with E-state index in [1.165, 1.54) is 0 Å². The molecule has 4 rings (SSSR count). The molecule has 33 heavy (non-hydrogen) atoms. The SMILES string of the molecule is CC[C@@H](NC(=O)c1cc(C(=O)N2CC[C@H](OCC(C)C)C2)n2c1COCC2)c1ccccc1. The summed E-state index contributed by atoms with van der Waals surface area (Å²) >= 11 is 0. The molecule has 7 heteroatoms. The maximum absolute atomic E-state index is 13.4. The first-order valence-corrected chi connectivity index (χ1v) is 12.0. The van der Waals surface area contributed by atoms with Gasteiger partial charge < -0.3 is 24.3 Å². The van der Waals surface area contributed by atoms with E-state index in [9.17, 15) is 9.59 Å². The summed E-state index contributed by atoms with van der Waals surface area (Å²) in [6, 6.07) is 11.6. The van der Waals surface area contributed by atoms with Crippen molar-refractivity contribution in [3.05, 3.63) is 58.9 Å². The molecule has 2 aliphatic heterocycles. The Morgan fingerprint density at radius 3 is 2.73 bits per heavy atom. The molecule has 0 saturated carbocycles. The van der Waals surface area contributed by atoms with Gasteiger partial charge >= 0.3 is 0 Å². The topological polar surface area (TPSA) is 72.8 Å². The van der Waals surface area contributed by atoms with Crippen LogP contribution < -0.4 is 5.32 Å². The molecule has 0 radical (unpaired) electrons. The monoisotopic (exact) mass is 453 g/mol. The van der Waals surface area contributed by atoms with E-state index in [4.69, 9.17) is 9.47 Å². The molecule has 2 atom stereocenters. The van der Waals surface area contributed by atoms with Crippen molar-refractivity contribution in [2.24, 2.45) is 5.92 Å². The van der Waals surface area contributed by atoms with Crippen molar-refractivity contribution in [1.29, 1.82) is 0 Å². The lowest BCUT2D eigenvalue weighted by Crippen LogP contribution is -2.33. The first kappa shape index (κ1) is 23.5. The summed E-state index contributed by atoms with van der Waals surface area (Å²) in [5.74, 6) is 0.262. The van der Waals surface area contributed by atoms with Crippen molar-refractivity contribution in [2.45, 2.75) is 58.9 Å². The zero-order valence-corrected chi connectivity index (χ0v) is 19.9. The number of aromatic nitrogens is 1. The lowest BCUT2D eigenvalue weighted by atomic mass is 10.0. The number of carbonyl (C=O) groups excluding carboxylic acids is 2. The second kappa shape index (κ2) is 10.5. The van der Waals surface area contributed by atoms with Gasteiger partial charge in [0.2, 0.25) is 0 Å². The Balaban J connectivity index is 1.52. The van der Waals surface area contributed by atoms with E-state index < -0.39 is 0 Å². The molecule has 7 nitrogen and oxygen atoms in total. The average Bonchev–Trinajstić information content (AvgIpc) is 3.46. The maximum Gasteiger partial charge on any atom is 0.270 e.